The topological polar surface area (TPSA) is 58.6 Å². The highest BCUT2D eigenvalue weighted by molar-refractivity contribution is 7.17. The molecule has 31 heavy (non-hydrogen) atoms. The first-order valence-corrected chi connectivity index (χ1v) is 10.9. The summed E-state index contributed by atoms with van der Waals surface area (Å²) in [5.41, 5.74) is 4.22. The number of carbonyl (C=O) groups excluding carboxylic acids is 2. The van der Waals surface area contributed by atoms with E-state index in [0.29, 0.717) is 22.7 Å². The van der Waals surface area contributed by atoms with Crippen LogP contribution < -0.4 is 5.32 Å². The molecule has 0 unspecified atom stereocenters. The Balaban J connectivity index is 0.00000272. The minimum absolute atomic E-state index is 0. The number of anilines is 1. The Morgan fingerprint density at radius 3 is 2.42 bits per heavy atom. The number of hydrogen-bond donors (Lipinski definition) is 1. The zero-order valence-electron chi connectivity index (χ0n) is 17.5. The van der Waals surface area contributed by atoms with Crippen molar-refractivity contribution >= 4 is 40.6 Å². The second kappa shape index (κ2) is 10.1. The minimum Gasteiger partial charge on any atom is -0.462 e. The Hall–Kier alpha value is -2.67. The van der Waals surface area contributed by atoms with Gasteiger partial charge in [0.05, 0.1) is 12.2 Å². The number of thiophene rings is 1. The third-order valence-electron chi connectivity index (χ3n) is 5.21. The van der Waals surface area contributed by atoms with Gasteiger partial charge in [-0.05, 0) is 49.2 Å². The molecule has 2 heterocycles. The van der Waals surface area contributed by atoms with E-state index in [4.69, 9.17) is 4.74 Å². The summed E-state index contributed by atoms with van der Waals surface area (Å²) in [6.07, 6.45) is 0.776. The Kier molecular flexibility index (Phi) is 7.49. The van der Waals surface area contributed by atoms with Crippen LogP contribution in [0.3, 0.4) is 0 Å². The molecular formula is C24H25ClN2O3S. The Labute approximate surface area is 192 Å². The van der Waals surface area contributed by atoms with Crippen molar-refractivity contribution in [3.63, 3.8) is 0 Å². The van der Waals surface area contributed by atoms with Crippen molar-refractivity contribution in [3.8, 4) is 11.1 Å². The minimum atomic E-state index is -0.366. The van der Waals surface area contributed by atoms with Gasteiger partial charge in [-0.25, -0.2) is 4.79 Å². The fourth-order valence-electron chi connectivity index (χ4n) is 3.66. The number of halogens is 1. The van der Waals surface area contributed by atoms with Gasteiger partial charge in [-0.15, -0.1) is 23.7 Å². The molecule has 5 nitrogen and oxygen atoms in total. The Morgan fingerprint density at radius 2 is 1.74 bits per heavy atom. The highest BCUT2D eigenvalue weighted by Gasteiger charge is 2.28. The molecule has 4 rings (SSSR count). The summed E-state index contributed by atoms with van der Waals surface area (Å²) in [5, 5.41) is 3.53. The average molecular weight is 457 g/mol. The summed E-state index contributed by atoms with van der Waals surface area (Å²) in [7, 11) is 2.05. The molecule has 1 aromatic heterocycles. The highest BCUT2D eigenvalue weighted by atomic mass is 35.5. The molecule has 1 amide bonds. The van der Waals surface area contributed by atoms with E-state index in [9.17, 15) is 9.59 Å². The van der Waals surface area contributed by atoms with Crippen molar-refractivity contribution in [3.05, 3.63) is 76.2 Å². The molecular weight excluding hydrogens is 432 g/mol. The average Bonchev–Trinajstić information content (AvgIpc) is 3.11. The van der Waals surface area contributed by atoms with Crippen molar-refractivity contribution in [2.24, 2.45) is 0 Å². The van der Waals surface area contributed by atoms with E-state index in [0.717, 1.165) is 41.1 Å². The van der Waals surface area contributed by atoms with Crippen LogP contribution in [-0.2, 0) is 17.7 Å². The molecule has 2 aromatic carbocycles. The molecule has 0 saturated heterocycles. The molecule has 0 atom stereocenters. The van der Waals surface area contributed by atoms with Crippen molar-refractivity contribution in [1.29, 1.82) is 0 Å². The zero-order valence-corrected chi connectivity index (χ0v) is 19.1. The molecule has 7 heteroatoms. The second-order valence-corrected chi connectivity index (χ2v) is 8.42. The number of likely N-dealkylation sites (N-methyl/N-ethyl adjacent to an activating group) is 1. The van der Waals surface area contributed by atoms with E-state index in [1.54, 1.807) is 6.92 Å². The molecule has 0 spiro atoms. The zero-order chi connectivity index (χ0) is 21.1. The maximum atomic E-state index is 12.9. The highest BCUT2D eigenvalue weighted by Crippen LogP contribution is 2.37. The number of esters is 1. The van der Waals surface area contributed by atoms with Crippen LogP contribution in [0.4, 0.5) is 5.00 Å². The summed E-state index contributed by atoms with van der Waals surface area (Å²) >= 11 is 1.47. The number of nitrogens with zero attached hydrogens (tertiary/aromatic N) is 1. The van der Waals surface area contributed by atoms with Gasteiger partial charge in [-0.3, -0.25) is 4.79 Å². The van der Waals surface area contributed by atoms with E-state index < -0.39 is 0 Å². The fourth-order valence-corrected chi connectivity index (χ4v) is 4.97. The number of fused-ring (bicyclic) bond motifs is 1. The lowest BCUT2D eigenvalue weighted by Gasteiger charge is -2.22. The van der Waals surface area contributed by atoms with Gasteiger partial charge in [0.1, 0.15) is 5.00 Å². The van der Waals surface area contributed by atoms with Gasteiger partial charge < -0.3 is 15.0 Å². The molecule has 1 aliphatic heterocycles. The maximum Gasteiger partial charge on any atom is 0.341 e. The summed E-state index contributed by atoms with van der Waals surface area (Å²) < 4.78 is 5.27. The second-order valence-electron chi connectivity index (χ2n) is 7.31. The van der Waals surface area contributed by atoms with Crippen molar-refractivity contribution in [2.75, 3.05) is 25.5 Å². The third-order valence-corrected chi connectivity index (χ3v) is 6.34. The molecule has 1 N–H and O–H groups in total. The molecule has 3 aromatic rings. The van der Waals surface area contributed by atoms with Gasteiger partial charge in [0.2, 0.25) is 0 Å². The summed E-state index contributed by atoms with van der Waals surface area (Å²) in [6.45, 7) is 3.74. The number of amides is 1. The molecule has 0 fully saturated rings. The molecule has 0 radical (unpaired) electrons. The summed E-state index contributed by atoms with van der Waals surface area (Å²) in [6, 6.07) is 17.5. The van der Waals surface area contributed by atoms with Gasteiger partial charge in [-0.2, -0.15) is 0 Å². The van der Waals surface area contributed by atoms with Gasteiger partial charge in [-0.1, -0.05) is 42.5 Å². The normalized spacial score (nSPS) is 13.1. The largest absolute Gasteiger partial charge is 0.462 e. The maximum absolute atomic E-state index is 12.9. The van der Waals surface area contributed by atoms with Crippen LogP contribution in [0.5, 0.6) is 0 Å². The van der Waals surface area contributed by atoms with Crippen LogP contribution in [0.2, 0.25) is 0 Å². The quantitative estimate of drug-likeness (QED) is 0.532. The van der Waals surface area contributed by atoms with E-state index in [-0.39, 0.29) is 24.3 Å². The first kappa shape index (κ1) is 23.0. The van der Waals surface area contributed by atoms with Crippen LogP contribution >= 0.6 is 23.7 Å². The van der Waals surface area contributed by atoms with Crippen molar-refractivity contribution in [1.82, 2.24) is 4.90 Å². The van der Waals surface area contributed by atoms with E-state index >= 15 is 0 Å². The lowest BCUT2D eigenvalue weighted by molar-refractivity contribution is 0.0526. The van der Waals surface area contributed by atoms with Gasteiger partial charge in [0.25, 0.3) is 5.91 Å². The summed E-state index contributed by atoms with van der Waals surface area (Å²) in [5.74, 6) is -0.596. The smallest absolute Gasteiger partial charge is 0.341 e. The van der Waals surface area contributed by atoms with Gasteiger partial charge in [0.15, 0.2) is 0 Å². The first-order chi connectivity index (χ1) is 14.6. The fraction of sp³-hybridized carbons (Fsp3) is 0.250. The summed E-state index contributed by atoms with van der Waals surface area (Å²) in [4.78, 5) is 28.8. The SMILES string of the molecule is CCOC(=O)c1c(NC(=O)c2ccc(-c3ccccc3)cc2)sc2c1CCN(C)C2.Cl. The third kappa shape index (κ3) is 4.98. The number of ether oxygens (including phenoxy) is 1. The van der Waals surface area contributed by atoms with Gasteiger partial charge in [0, 0.05) is 23.5 Å². The Bertz CT molecular complexity index is 1060. The molecule has 0 saturated carbocycles. The van der Waals surface area contributed by atoms with Gasteiger partial charge >= 0.3 is 5.97 Å². The molecule has 1 aliphatic rings. The van der Waals surface area contributed by atoms with Crippen LogP contribution in [0, 0.1) is 0 Å². The number of nitrogens with one attached hydrogen (secondary N) is 1. The number of hydrogen-bond acceptors (Lipinski definition) is 5. The molecule has 0 aliphatic carbocycles. The monoisotopic (exact) mass is 456 g/mol. The number of rotatable bonds is 5. The van der Waals surface area contributed by atoms with Crippen molar-refractivity contribution in [2.45, 2.75) is 19.9 Å². The van der Waals surface area contributed by atoms with E-state index in [1.165, 1.54) is 11.3 Å². The molecule has 162 valence electrons. The lowest BCUT2D eigenvalue weighted by atomic mass is 10.0. The number of carbonyl (C=O) groups is 2. The van der Waals surface area contributed by atoms with E-state index in [2.05, 4.69) is 17.3 Å². The predicted octanol–water partition coefficient (Wildman–Crippen LogP) is 5.25. The van der Waals surface area contributed by atoms with Crippen LogP contribution in [0.15, 0.2) is 54.6 Å². The van der Waals surface area contributed by atoms with Crippen LogP contribution in [0.1, 0.15) is 38.1 Å². The lowest BCUT2D eigenvalue weighted by Crippen LogP contribution is -2.26. The first-order valence-electron chi connectivity index (χ1n) is 10.0. The van der Waals surface area contributed by atoms with Crippen molar-refractivity contribution < 1.29 is 14.3 Å². The van der Waals surface area contributed by atoms with Crippen LogP contribution in [0.25, 0.3) is 11.1 Å². The Morgan fingerprint density at radius 1 is 1.06 bits per heavy atom. The predicted molar refractivity (Wildman–Crippen MR) is 127 cm³/mol. The standard InChI is InChI=1S/C24H24N2O3S.ClH/c1-3-29-24(28)21-19-13-14-26(2)15-20(19)30-23(21)25-22(27)18-11-9-17(10-12-18)16-7-5-4-6-8-16;/h4-12H,3,13-15H2,1-2H3,(H,25,27);1H. The van der Waals surface area contributed by atoms with E-state index in [1.807, 2.05) is 54.6 Å². The number of benzene rings is 2. The molecule has 0 bridgehead atoms. The van der Waals surface area contributed by atoms with Crippen LogP contribution in [-0.4, -0.2) is 37.0 Å².